The Labute approximate surface area is 113 Å². The maximum absolute atomic E-state index is 13.3. The van der Waals surface area contributed by atoms with Gasteiger partial charge in [-0.05, 0) is 28.1 Å². The average Bonchev–Trinajstić information content (AvgIpc) is 2.20. The van der Waals surface area contributed by atoms with Crippen molar-refractivity contribution in [2.45, 2.75) is 16.9 Å². The Morgan fingerprint density at radius 1 is 0.944 bits per heavy atom. The van der Waals surface area contributed by atoms with E-state index in [-0.39, 0.29) is 10.5 Å². The first-order valence-electron chi connectivity index (χ1n) is 4.21. The summed E-state index contributed by atoms with van der Waals surface area (Å²) in [5.41, 5.74) is -1.11. The predicted molar refractivity (Wildman–Crippen MR) is 56.7 cm³/mol. The molecule has 0 aliphatic rings. The van der Waals surface area contributed by atoms with Gasteiger partial charge in [0, 0.05) is 5.56 Å². The summed E-state index contributed by atoms with van der Waals surface area (Å²) in [6, 6.07) is 0.754. The Balaban J connectivity index is 3.27. The summed E-state index contributed by atoms with van der Waals surface area (Å²) in [6.07, 6.45) is -5.88. The normalized spacial score (nSPS) is 14.7. The molecule has 9 heteroatoms. The van der Waals surface area contributed by atoms with Crippen molar-refractivity contribution >= 4 is 31.9 Å². The summed E-state index contributed by atoms with van der Waals surface area (Å²) in [4.78, 5) is -2.72. The van der Waals surface area contributed by atoms with Gasteiger partial charge < -0.3 is 0 Å². The second-order valence-corrected chi connectivity index (χ2v) is 5.04. The Morgan fingerprint density at radius 2 is 1.44 bits per heavy atom. The van der Waals surface area contributed by atoms with Gasteiger partial charge in [-0.2, -0.15) is 22.0 Å². The van der Waals surface area contributed by atoms with Gasteiger partial charge in [0.25, 0.3) is 0 Å². The van der Waals surface area contributed by atoms with Gasteiger partial charge in [-0.15, -0.1) is 0 Å². The minimum absolute atomic E-state index is 0.276. The molecule has 0 bridgehead atoms. The Kier molecular flexibility index (Phi) is 4.37. The molecule has 1 rings (SSSR count). The predicted octanol–water partition coefficient (Wildman–Crippen LogP) is 5.36. The van der Waals surface area contributed by atoms with E-state index >= 15 is 0 Å². The molecule has 1 unspecified atom stereocenters. The molecule has 0 aliphatic heterocycles. The van der Waals surface area contributed by atoms with E-state index < -0.39 is 34.1 Å². The molecular weight excluding hydrogens is 401 g/mol. The first-order valence-corrected chi connectivity index (χ1v) is 5.92. The van der Waals surface area contributed by atoms with Crippen molar-refractivity contribution in [1.82, 2.24) is 0 Å². The smallest absolute Gasteiger partial charge is 0.207 e. The van der Waals surface area contributed by atoms with Crippen molar-refractivity contribution in [1.29, 1.82) is 0 Å². The third-order valence-electron chi connectivity index (χ3n) is 2.01. The van der Waals surface area contributed by atoms with Gasteiger partial charge in [-0.25, -0.2) is 8.78 Å². The first kappa shape index (κ1) is 15.7. The third-order valence-corrected chi connectivity index (χ3v) is 3.68. The molecule has 1 atom stereocenters. The molecule has 0 aliphatic carbocycles. The van der Waals surface area contributed by atoms with Gasteiger partial charge >= 0.3 is 12.1 Å². The van der Waals surface area contributed by atoms with Crippen LogP contribution in [-0.2, 0) is 0 Å². The number of hydrogen-bond donors (Lipinski definition) is 0. The van der Waals surface area contributed by atoms with Gasteiger partial charge in [0.05, 0.1) is 4.47 Å². The molecule has 0 aromatic heterocycles. The standard InChI is InChI=1S/C9H3Br2F7/c10-4-2-5(12)3(1-6(4)13)7(11)8(14,15)9(16,17)18/h1-2,7H. The fraction of sp³-hybridized carbons (Fsp3) is 0.333. The summed E-state index contributed by atoms with van der Waals surface area (Å²) < 4.78 is 88.1. The number of alkyl halides is 6. The van der Waals surface area contributed by atoms with Crippen LogP contribution in [-0.4, -0.2) is 12.1 Å². The van der Waals surface area contributed by atoms with Gasteiger partial charge in [0.2, 0.25) is 0 Å². The zero-order chi connectivity index (χ0) is 14.3. The maximum Gasteiger partial charge on any atom is 0.454 e. The molecule has 0 spiro atoms. The van der Waals surface area contributed by atoms with E-state index in [9.17, 15) is 30.7 Å². The lowest BCUT2D eigenvalue weighted by Crippen LogP contribution is -2.40. The lowest BCUT2D eigenvalue weighted by Gasteiger charge is -2.25. The molecule has 0 fully saturated rings. The lowest BCUT2D eigenvalue weighted by atomic mass is 10.1. The molecule has 0 heterocycles. The molecule has 0 saturated heterocycles. The fourth-order valence-electron chi connectivity index (χ4n) is 1.07. The van der Waals surface area contributed by atoms with E-state index in [0.29, 0.717) is 6.07 Å². The van der Waals surface area contributed by atoms with Crippen molar-refractivity contribution in [2.75, 3.05) is 0 Å². The Morgan fingerprint density at radius 3 is 1.89 bits per heavy atom. The number of hydrogen-bond acceptors (Lipinski definition) is 0. The second-order valence-electron chi connectivity index (χ2n) is 3.27. The highest BCUT2D eigenvalue weighted by Gasteiger charge is 2.62. The Hall–Kier alpha value is -0.310. The van der Waals surface area contributed by atoms with E-state index in [2.05, 4.69) is 31.9 Å². The van der Waals surface area contributed by atoms with Crippen molar-refractivity contribution in [3.8, 4) is 0 Å². The third kappa shape index (κ3) is 2.81. The van der Waals surface area contributed by atoms with Crippen LogP contribution in [0.5, 0.6) is 0 Å². The molecule has 0 nitrogen and oxygen atoms in total. The molecule has 1 aromatic rings. The molecule has 18 heavy (non-hydrogen) atoms. The molecule has 0 saturated carbocycles. The van der Waals surface area contributed by atoms with Gasteiger partial charge in [-0.1, -0.05) is 15.9 Å². The van der Waals surface area contributed by atoms with Crippen LogP contribution in [0.1, 0.15) is 10.4 Å². The van der Waals surface area contributed by atoms with E-state index in [1.54, 1.807) is 0 Å². The fourth-order valence-corrected chi connectivity index (χ4v) is 2.00. The minimum atomic E-state index is -5.88. The SMILES string of the molecule is Fc1cc(C(Br)C(F)(F)C(F)(F)F)c(F)cc1Br. The highest BCUT2D eigenvalue weighted by Crippen LogP contribution is 2.49. The molecule has 0 N–H and O–H groups in total. The van der Waals surface area contributed by atoms with Crippen LogP contribution in [0.15, 0.2) is 16.6 Å². The monoisotopic (exact) mass is 402 g/mol. The first-order chi connectivity index (χ1) is 7.98. The van der Waals surface area contributed by atoms with E-state index in [1.165, 1.54) is 0 Å². The molecule has 1 aromatic carbocycles. The zero-order valence-electron chi connectivity index (χ0n) is 8.13. The van der Waals surface area contributed by atoms with Crippen LogP contribution in [0.25, 0.3) is 0 Å². The van der Waals surface area contributed by atoms with E-state index in [0.717, 1.165) is 0 Å². The summed E-state index contributed by atoms with van der Waals surface area (Å²) in [5.74, 6) is -7.75. The van der Waals surface area contributed by atoms with Crippen molar-refractivity contribution in [3.63, 3.8) is 0 Å². The quantitative estimate of drug-likeness (QED) is 0.354. The van der Waals surface area contributed by atoms with Gasteiger partial charge in [0.1, 0.15) is 16.5 Å². The molecule has 0 amide bonds. The summed E-state index contributed by atoms with van der Waals surface area (Å²) in [5, 5.41) is 0. The van der Waals surface area contributed by atoms with Crippen LogP contribution in [0.4, 0.5) is 30.7 Å². The lowest BCUT2D eigenvalue weighted by molar-refractivity contribution is -0.281. The molecule has 0 radical (unpaired) electrons. The molecular formula is C9H3Br2F7. The highest BCUT2D eigenvalue weighted by atomic mass is 79.9. The zero-order valence-corrected chi connectivity index (χ0v) is 11.3. The van der Waals surface area contributed by atoms with Crippen molar-refractivity contribution < 1.29 is 30.7 Å². The Bertz CT molecular complexity index is 455. The number of rotatable bonds is 2. The highest BCUT2D eigenvalue weighted by molar-refractivity contribution is 9.10. The van der Waals surface area contributed by atoms with E-state index in [1.807, 2.05) is 0 Å². The summed E-state index contributed by atoms with van der Waals surface area (Å²) in [7, 11) is 0. The number of benzene rings is 1. The average molecular weight is 404 g/mol. The summed E-state index contributed by atoms with van der Waals surface area (Å²) >= 11 is 4.64. The van der Waals surface area contributed by atoms with Crippen LogP contribution in [0.2, 0.25) is 0 Å². The van der Waals surface area contributed by atoms with Gasteiger partial charge in [-0.3, -0.25) is 0 Å². The van der Waals surface area contributed by atoms with Crippen LogP contribution in [0.3, 0.4) is 0 Å². The van der Waals surface area contributed by atoms with Crippen LogP contribution < -0.4 is 0 Å². The van der Waals surface area contributed by atoms with Crippen LogP contribution in [0, 0.1) is 11.6 Å². The molecule has 102 valence electrons. The number of halogens is 9. The van der Waals surface area contributed by atoms with Crippen molar-refractivity contribution in [3.05, 3.63) is 33.8 Å². The van der Waals surface area contributed by atoms with Gasteiger partial charge in [0.15, 0.2) is 0 Å². The second kappa shape index (κ2) is 4.99. The van der Waals surface area contributed by atoms with E-state index in [4.69, 9.17) is 0 Å². The largest absolute Gasteiger partial charge is 0.454 e. The summed E-state index contributed by atoms with van der Waals surface area (Å²) in [6.45, 7) is 0. The van der Waals surface area contributed by atoms with Crippen molar-refractivity contribution in [2.24, 2.45) is 0 Å². The minimum Gasteiger partial charge on any atom is -0.207 e. The van der Waals surface area contributed by atoms with Crippen LogP contribution >= 0.6 is 31.9 Å². The maximum atomic E-state index is 13.3. The topological polar surface area (TPSA) is 0 Å².